The van der Waals surface area contributed by atoms with Crippen LogP contribution >= 0.6 is 0 Å². The highest BCUT2D eigenvalue weighted by Gasteiger charge is 2.06. The number of carbonyl (C=O) groups is 1. The molecule has 0 heterocycles. The summed E-state index contributed by atoms with van der Waals surface area (Å²) in [6, 6.07) is 0.487. The van der Waals surface area contributed by atoms with Crippen molar-refractivity contribution >= 4 is 5.78 Å². The summed E-state index contributed by atoms with van der Waals surface area (Å²) in [5.41, 5.74) is 0. The number of nitrogens with one attached hydrogen (secondary N) is 1. The van der Waals surface area contributed by atoms with Gasteiger partial charge in [0.15, 0.2) is 0 Å². The number of hydrogen-bond donors (Lipinski definition) is 1. The molecule has 0 fully saturated rings. The van der Waals surface area contributed by atoms with E-state index in [4.69, 9.17) is 28.4 Å². The molecule has 0 aromatic rings. The molecule has 0 aliphatic carbocycles. The standard InChI is InChI=1S/C21H43NO7/c1-19(2)21(23)5-7-24-9-11-26-13-15-28-17-18-29-16-14-27-12-10-25-8-6-22-20(3)4/h19-20,22H,5-18H2,1-4H3. The summed E-state index contributed by atoms with van der Waals surface area (Å²) in [5, 5.41) is 3.29. The van der Waals surface area contributed by atoms with Gasteiger partial charge in [-0.3, -0.25) is 4.79 Å². The Balaban J connectivity index is 3.06. The van der Waals surface area contributed by atoms with Gasteiger partial charge in [0.2, 0.25) is 0 Å². The molecule has 0 aromatic carbocycles. The molecule has 0 rings (SSSR count). The summed E-state index contributed by atoms with van der Waals surface area (Å²) in [6.07, 6.45) is 0.468. The molecule has 174 valence electrons. The van der Waals surface area contributed by atoms with E-state index in [2.05, 4.69) is 19.2 Å². The van der Waals surface area contributed by atoms with Gasteiger partial charge in [-0.05, 0) is 0 Å². The van der Waals surface area contributed by atoms with Gasteiger partial charge in [-0.15, -0.1) is 0 Å². The summed E-state index contributed by atoms with van der Waals surface area (Å²) in [4.78, 5) is 11.4. The minimum Gasteiger partial charge on any atom is -0.379 e. The highest BCUT2D eigenvalue weighted by molar-refractivity contribution is 5.80. The first kappa shape index (κ1) is 28.4. The first-order valence-corrected chi connectivity index (χ1v) is 10.8. The van der Waals surface area contributed by atoms with Gasteiger partial charge >= 0.3 is 0 Å². The quantitative estimate of drug-likeness (QED) is 0.250. The van der Waals surface area contributed by atoms with Gasteiger partial charge in [0.05, 0.1) is 79.3 Å². The van der Waals surface area contributed by atoms with E-state index in [0.717, 1.165) is 6.54 Å². The van der Waals surface area contributed by atoms with E-state index in [-0.39, 0.29) is 11.7 Å². The van der Waals surface area contributed by atoms with Gasteiger partial charge in [0, 0.05) is 24.9 Å². The second-order valence-electron chi connectivity index (χ2n) is 7.15. The summed E-state index contributed by atoms with van der Waals surface area (Å²) in [7, 11) is 0. The molecule has 0 radical (unpaired) electrons. The number of ether oxygens (including phenoxy) is 6. The van der Waals surface area contributed by atoms with Gasteiger partial charge in [0.25, 0.3) is 0 Å². The minimum atomic E-state index is 0.0744. The Labute approximate surface area is 176 Å². The molecule has 0 aliphatic heterocycles. The smallest absolute Gasteiger partial charge is 0.137 e. The van der Waals surface area contributed by atoms with Crippen LogP contribution in [0.5, 0.6) is 0 Å². The number of carbonyl (C=O) groups excluding carboxylic acids is 1. The molecule has 0 spiro atoms. The third kappa shape index (κ3) is 23.5. The molecule has 0 bridgehead atoms. The van der Waals surface area contributed by atoms with Gasteiger partial charge in [0.1, 0.15) is 5.78 Å². The van der Waals surface area contributed by atoms with E-state index in [1.165, 1.54) is 0 Å². The van der Waals surface area contributed by atoms with Gasteiger partial charge in [-0.25, -0.2) is 0 Å². The third-order valence-corrected chi connectivity index (χ3v) is 3.80. The van der Waals surface area contributed by atoms with Crippen LogP contribution in [0.1, 0.15) is 34.1 Å². The Morgan fingerprint density at radius 2 is 0.931 bits per heavy atom. The van der Waals surface area contributed by atoms with Crippen molar-refractivity contribution in [1.82, 2.24) is 5.32 Å². The maximum atomic E-state index is 11.4. The molecule has 29 heavy (non-hydrogen) atoms. The topological polar surface area (TPSA) is 84.5 Å². The molecule has 0 atom stereocenters. The molecule has 0 unspecified atom stereocenters. The van der Waals surface area contributed by atoms with Crippen molar-refractivity contribution in [3.63, 3.8) is 0 Å². The van der Waals surface area contributed by atoms with Crippen LogP contribution in [-0.4, -0.2) is 97.7 Å². The average molecular weight is 422 g/mol. The Kier molecular flexibility index (Phi) is 21.6. The average Bonchev–Trinajstić information content (AvgIpc) is 2.68. The number of rotatable bonds is 23. The predicted octanol–water partition coefficient (Wildman–Crippen LogP) is 1.70. The fourth-order valence-electron chi connectivity index (χ4n) is 2.08. The first-order valence-electron chi connectivity index (χ1n) is 10.8. The van der Waals surface area contributed by atoms with Crippen LogP contribution in [-0.2, 0) is 33.2 Å². The zero-order chi connectivity index (χ0) is 21.6. The van der Waals surface area contributed by atoms with Gasteiger partial charge in [-0.2, -0.15) is 0 Å². The van der Waals surface area contributed by atoms with Crippen LogP contribution in [0.4, 0.5) is 0 Å². The Morgan fingerprint density at radius 1 is 0.586 bits per heavy atom. The molecule has 0 saturated carbocycles. The summed E-state index contributed by atoms with van der Waals surface area (Å²) in [5.74, 6) is 0.303. The molecule has 0 aliphatic rings. The zero-order valence-electron chi connectivity index (χ0n) is 18.9. The molecular weight excluding hydrogens is 378 g/mol. The second-order valence-corrected chi connectivity index (χ2v) is 7.15. The van der Waals surface area contributed by atoms with Crippen LogP contribution in [0, 0.1) is 5.92 Å². The highest BCUT2D eigenvalue weighted by Crippen LogP contribution is 1.98. The van der Waals surface area contributed by atoms with E-state index < -0.39 is 0 Å². The van der Waals surface area contributed by atoms with Crippen molar-refractivity contribution in [3.8, 4) is 0 Å². The maximum absolute atomic E-state index is 11.4. The lowest BCUT2D eigenvalue weighted by Gasteiger charge is -2.09. The van der Waals surface area contributed by atoms with Gasteiger partial charge in [-0.1, -0.05) is 27.7 Å². The van der Waals surface area contributed by atoms with E-state index >= 15 is 0 Å². The fourth-order valence-corrected chi connectivity index (χ4v) is 2.08. The minimum absolute atomic E-state index is 0.0744. The third-order valence-electron chi connectivity index (χ3n) is 3.80. The van der Waals surface area contributed by atoms with Crippen molar-refractivity contribution in [2.24, 2.45) is 5.92 Å². The van der Waals surface area contributed by atoms with E-state index in [1.54, 1.807) is 0 Å². The lowest BCUT2D eigenvalue weighted by atomic mass is 10.1. The van der Waals surface area contributed by atoms with Crippen molar-refractivity contribution in [1.29, 1.82) is 0 Å². The van der Waals surface area contributed by atoms with Crippen molar-refractivity contribution in [2.45, 2.75) is 40.2 Å². The maximum Gasteiger partial charge on any atom is 0.137 e. The van der Waals surface area contributed by atoms with Crippen molar-refractivity contribution in [2.75, 3.05) is 85.8 Å². The number of Topliss-reactive ketones (excluding diaryl/α,β-unsaturated/α-hetero) is 1. The summed E-state index contributed by atoms with van der Waals surface area (Å²) < 4.78 is 32.5. The van der Waals surface area contributed by atoms with Crippen LogP contribution in [0.25, 0.3) is 0 Å². The monoisotopic (exact) mass is 421 g/mol. The Bertz CT molecular complexity index is 354. The molecular formula is C21H43NO7. The van der Waals surface area contributed by atoms with Crippen molar-refractivity contribution < 1.29 is 33.2 Å². The van der Waals surface area contributed by atoms with E-state index in [9.17, 15) is 4.79 Å². The van der Waals surface area contributed by atoms with Crippen LogP contribution in [0.3, 0.4) is 0 Å². The lowest BCUT2D eigenvalue weighted by Crippen LogP contribution is -2.27. The summed E-state index contributed by atoms with van der Waals surface area (Å²) >= 11 is 0. The molecule has 8 nitrogen and oxygen atoms in total. The molecule has 0 aromatic heterocycles. The van der Waals surface area contributed by atoms with E-state index in [1.807, 2.05) is 13.8 Å². The normalized spacial score (nSPS) is 11.7. The van der Waals surface area contributed by atoms with Crippen LogP contribution < -0.4 is 5.32 Å². The molecule has 8 heteroatoms. The second kappa shape index (κ2) is 22.1. The Morgan fingerprint density at radius 3 is 1.28 bits per heavy atom. The predicted molar refractivity (Wildman–Crippen MR) is 113 cm³/mol. The summed E-state index contributed by atoms with van der Waals surface area (Å²) in [6.45, 7) is 15.4. The van der Waals surface area contributed by atoms with Gasteiger partial charge < -0.3 is 33.7 Å². The SMILES string of the molecule is CC(C)NCCOCCOCCOCCOCCOCCOCCC(=O)C(C)C. The Hall–Kier alpha value is -0.610. The number of hydrogen-bond acceptors (Lipinski definition) is 8. The largest absolute Gasteiger partial charge is 0.379 e. The van der Waals surface area contributed by atoms with Crippen LogP contribution in [0.15, 0.2) is 0 Å². The lowest BCUT2D eigenvalue weighted by molar-refractivity contribution is -0.123. The molecule has 0 amide bonds. The van der Waals surface area contributed by atoms with Crippen molar-refractivity contribution in [3.05, 3.63) is 0 Å². The molecule has 0 saturated heterocycles. The van der Waals surface area contributed by atoms with Crippen LogP contribution in [0.2, 0.25) is 0 Å². The molecule has 1 N–H and O–H groups in total. The first-order chi connectivity index (χ1) is 14.0. The highest BCUT2D eigenvalue weighted by atomic mass is 16.6. The number of ketones is 1. The fraction of sp³-hybridized carbons (Fsp3) is 0.952. The zero-order valence-corrected chi connectivity index (χ0v) is 18.9. The van der Waals surface area contributed by atoms with E-state index in [0.29, 0.717) is 91.7 Å².